The zero-order valence-electron chi connectivity index (χ0n) is 14.8. The van der Waals surface area contributed by atoms with Crippen molar-refractivity contribution in [3.63, 3.8) is 0 Å². The number of hydrogen-bond acceptors (Lipinski definition) is 8. The monoisotopic (exact) mass is 369 g/mol. The fourth-order valence-electron chi connectivity index (χ4n) is 2.77. The SMILES string of the molecule is O=[N+]([O-])c1cccc(OC[C@H](O)CN(CCO)CCN2CCOCC2)c1. The molecule has 9 nitrogen and oxygen atoms in total. The number of aliphatic hydroxyl groups is 2. The highest BCUT2D eigenvalue weighted by Gasteiger charge is 2.16. The zero-order valence-corrected chi connectivity index (χ0v) is 14.8. The van der Waals surface area contributed by atoms with Crippen LogP contribution < -0.4 is 4.74 Å². The number of morpholine rings is 1. The number of aliphatic hydroxyl groups excluding tert-OH is 2. The van der Waals surface area contributed by atoms with Gasteiger partial charge >= 0.3 is 0 Å². The molecule has 2 rings (SSSR count). The lowest BCUT2D eigenvalue weighted by Gasteiger charge is -2.30. The predicted molar refractivity (Wildman–Crippen MR) is 95.4 cm³/mol. The number of rotatable bonds is 11. The summed E-state index contributed by atoms with van der Waals surface area (Å²) >= 11 is 0. The number of nitrogens with zero attached hydrogens (tertiary/aromatic N) is 3. The Kier molecular flexibility index (Phi) is 8.72. The van der Waals surface area contributed by atoms with Crippen molar-refractivity contribution in [2.75, 3.05) is 65.7 Å². The highest BCUT2D eigenvalue weighted by molar-refractivity contribution is 5.37. The molecule has 0 aromatic heterocycles. The molecule has 0 saturated carbocycles. The second-order valence-corrected chi connectivity index (χ2v) is 6.20. The quantitative estimate of drug-likeness (QED) is 0.413. The second-order valence-electron chi connectivity index (χ2n) is 6.20. The van der Waals surface area contributed by atoms with E-state index in [2.05, 4.69) is 4.90 Å². The van der Waals surface area contributed by atoms with E-state index >= 15 is 0 Å². The molecule has 0 aliphatic carbocycles. The molecular weight excluding hydrogens is 342 g/mol. The van der Waals surface area contributed by atoms with Crippen LogP contribution in [0.25, 0.3) is 0 Å². The third-order valence-electron chi connectivity index (χ3n) is 4.19. The first kappa shape index (κ1) is 20.5. The Morgan fingerprint density at radius 1 is 1.35 bits per heavy atom. The van der Waals surface area contributed by atoms with Gasteiger partial charge in [-0.25, -0.2) is 0 Å². The summed E-state index contributed by atoms with van der Waals surface area (Å²) < 4.78 is 10.8. The molecular formula is C17H27N3O6. The number of nitro benzene ring substituents is 1. The van der Waals surface area contributed by atoms with Crippen LogP contribution in [0, 0.1) is 10.1 Å². The van der Waals surface area contributed by atoms with Crippen LogP contribution in [-0.2, 0) is 4.74 Å². The molecule has 1 saturated heterocycles. The number of ether oxygens (including phenoxy) is 2. The largest absolute Gasteiger partial charge is 0.491 e. The van der Waals surface area contributed by atoms with Gasteiger partial charge in [0.25, 0.3) is 5.69 Å². The van der Waals surface area contributed by atoms with Gasteiger partial charge in [0.15, 0.2) is 0 Å². The lowest BCUT2D eigenvalue weighted by atomic mass is 10.3. The first-order chi connectivity index (χ1) is 12.6. The standard InChI is InChI=1S/C17H27N3O6/c21-9-6-19(5-4-18-7-10-25-11-8-18)13-16(22)14-26-17-3-1-2-15(12-17)20(23)24/h1-3,12,16,21-22H,4-11,13-14H2/t16-/m1/s1. The van der Waals surface area contributed by atoms with E-state index in [1.54, 1.807) is 12.1 Å². The number of benzene rings is 1. The Labute approximate surface area is 152 Å². The molecule has 0 radical (unpaired) electrons. The molecule has 1 aromatic carbocycles. The van der Waals surface area contributed by atoms with E-state index in [-0.39, 0.29) is 18.9 Å². The van der Waals surface area contributed by atoms with Gasteiger partial charge in [-0.05, 0) is 6.07 Å². The molecule has 146 valence electrons. The predicted octanol–water partition coefficient (Wildman–Crippen LogP) is -0.0390. The summed E-state index contributed by atoms with van der Waals surface area (Å²) in [4.78, 5) is 14.6. The third kappa shape index (κ3) is 7.22. The van der Waals surface area contributed by atoms with Crippen molar-refractivity contribution in [3.8, 4) is 5.75 Å². The molecule has 0 bridgehead atoms. The van der Waals surface area contributed by atoms with E-state index in [0.717, 1.165) is 39.4 Å². The van der Waals surface area contributed by atoms with E-state index in [9.17, 15) is 20.3 Å². The summed E-state index contributed by atoms with van der Waals surface area (Å²) in [5.74, 6) is 0.347. The molecule has 1 aromatic rings. The average molecular weight is 369 g/mol. The van der Waals surface area contributed by atoms with Crippen LogP contribution in [0.5, 0.6) is 5.75 Å². The van der Waals surface area contributed by atoms with E-state index in [1.807, 2.05) is 4.90 Å². The van der Waals surface area contributed by atoms with Gasteiger partial charge in [0, 0.05) is 45.3 Å². The number of hydrogen-bond donors (Lipinski definition) is 2. The van der Waals surface area contributed by atoms with Gasteiger partial charge in [-0.1, -0.05) is 6.07 Å². The molecule has 0 unspecified atom stereocenters. The maximum absolute atomic E-state index is 10.8. The van der Waals surface area contributed by atoms with Crippen LogP contribution in [0.3, 0.4) is 0 Å². The summed E-state index contributed by atoms with van der Waals surface area (Å²) in [7, 11) is 0. The Hall–Kier alpha value is -1.78. The van der Waals surface area contributed by atoms with Crippen molar-refractivity contribution in [1.29, 1.82) is 0 Å². The maximum atomic E-state index is 10.8. The van der Waals surface area contributed by atoms with Gasteiger partial charge in [0.1, 0.15) is 18.5 Å². The molecule has 0 spiro atoms. The highest BCUT2D eigenvalue weighted by Crippen LogP contribution is 2.19. The lowest BCUT2D eigenvalue weighted by molar-refractivity contribution is -0.384. The summed E-state index contributed by atoms with van der Waals surface area (Å²) in [6, 6.07) is 5.87. The van der Waals surface area contributed by atoms with Crippen LogP contribution in [0.15, 0.2) is 24.3 Å². The minimum atomic E-state index is -0.759. The van der Waals surface area contributed by atoms with E-state index in [0.29, 0.717) is 18.8 Å². The Morgan fingerprint density at radius 3 is 2.81 bits per heavy atom. The van der Waals surface area contributed by atoms with Crippen molar-refractivity contribution in [1.82, 2.24) is 9.80 Å². The first-order valence-electron chi connectivity index (χ1n) is 8.77. The van der Waals surface area contributed by atoms with Crippen molar-refractivity contribution in [2.45, 2.75) is 6.10 Å². The first-order valence-corrected chi connectivity index (χ1v) is 8.77. The molecule has 1 fully saturated rings. The van der Waals surface area contributed by atoms with E-state index in [4.69, 9.17) is 9.47 Å². The topological polar surface area (TPSA) is 109 Å². The minimum Gasteiger partial charge on any atom is -0.491 e. The zero-order chi connectivity index (χ0) is 18.8. The molecule has 1 aliphatic heterocycles. The second kappa shape index (κ2) is 11.0. The lowest BCUT2D eigenvalue weighted by Crippen LogP contribution is -2.44. The van der Waals surface area contributed by atoms with Crippen molar-refractivity contribution in [3.05, 3.63) is 34.4 Å². The fraction of sp³-hybridized carbons (Fsp3) is 0.647. The third-order valence-corrected chi connectivity index (χ3v) is 4.19. The van der Waals surface area contributed by atoms with Crippen LogP contribution >= 0.6 is 0 Å². The van der Waals surface area contributed by atoms with Gasteiger partial charge < -0.3 is 19.7 Å². The van der Waals surface area contributed by atoms with Gasteiger partial charge in [-0.15, -0.1) is 0 Å². The van der Waals surface area contributed by atoms with Crippen LogP contribution in [0.1, 0.15) is 0 Å². The molecule has 26 heavy (non-hydrogen) atoms. The Balaban J connectivity index is 1.76. The van der Waals surface area contributed by atoms with Crippen molar-refractivity contribution >= 4 is 5.69 Å². The Bertz CT molecular complexity index is 553. The Morgan fingerprint density at radius 2 is 2.12 bits per heavy atom. The summed E-state index contributed by atoms with van der Waals surface area (Å²) in [6.45, 7) is 5.71. The maximum Gasteiger partial charge on any atom is 0.273 e. The molecule has 9 heteroatoms. The molecule has 1 atom stereocenters. The molecule has 2 N–H and O–H groups in total. The van der Waals surface area contributed by atoms with Crippen LogP contribution in [-0.4, -0.2) is 96.7 Å². The van der Waals surface area contributed by atoms with Gasteiger partial charge in [-0.3, -0.25) is 19.9 Å². The van der Waals surface area contributed by atoms with E-state index in [1.165, 1.54) is 12.1 Å². The van der Waals surface area contributed by atoms with Crippen molar-refractivity contribution in [2.24, 2.45) is 0 Å². The summed E-state index contributed by atoms with van der Waals surface area (Å²) in [5.41, 5.74) is -0.0515. The number of non-ortho nitro benzene ring substituents is 1. The smallest absolute Gasteiger partial charge is 0.273 e. The average Bonchev–Trinajstić information content (AvgIpc) is 2.66. The van der Waals surface area contributed by atoms with Crippen LogP contribution in [0.2, 0.25) is 0 Å². The van der Waals surface area contributed by atoms with E-state index < -0.39 is 11.0 Å². The highest BCUT2D eigenvalue weighted by atomic mass is 16.6. The molecule has 1 heterocycles. The van der Waals surface area contributed by atoms with Crippen LogP contribution in [0.4, 0.5) is 5.69 Å². The van der Waals surface area contributed by atoms with Gasteiger partial charge in [-0.2, -0.15) is 0 Å². The number of nitro groups is 1. The molecule has 1 aliphatic rings. The van der Waals surface area contributed by atoms with Gasteiger partial charge in [0.05, 0.1) is 30.8 Å². The van der Waals surface area contributed by atoms with Crippen molar-refractivity contribution < 1.29 is 24.6 Å². The molecule has 0 amide bonds. The summed E-state index contributed by atoms with van der Waals surface area (Å²) in [5, 5.41) is 30.2. The van der Waals surface area contributed by atoms with Gasteiger partial charge in [0.2, 0.25) is 0 Å². The normalized spacial score (nSPS) is 16.6. The summed E-state index contributed by atoms with van der Waals surface area (Å²) in [6.07, 6.45) is -0.759. The minimum absolute atomic E-state index is 0.0154. The fourth-order valence-corrected chi connectivity index (χ4v) is 2.77.